The van der Waals surface area contributed by atoms with Crippen LogP contribution in [-0.2, 0) is 11.3 Å². The second kappa shape index (κ2) is 7.09. The molecule has 1 heterocycles. The van der Waals surface area contributed by atoms with Crippen LogP contribution in [0.15, 0.2) is 41.0 Å². The Labute approximate surface area is 125 Å². The van der Waals surface area contributed by atoms with Crippen molar-refractivity contribution in [2.24, 2.45) is 0 Å². The Morgan fingerprint density at radius 3 is 2.52 bits per heavy atom. The first kappa shape index (κ1) is 15.3. The molecule has 1 aromatic carbocycles. The summed E-state index contributed by atoms with van der Waals surface area (Å²) in [6.45, 7) is 5.47. The molecule has 0 aliphatic rings. The van der Waals surface area contributed by atoms with Gasteiger partial charge in [-0.3, -0.25) is 4.79 Å². The molecule has 2 rings (SSSR count). The van der Waals surface area contributed by atoms with E-state index >= 15 is 0 Å². The largest absolute Gasteiger partial charge is 0.467 e. The summed E-state index contributed by atoms with van der Waals surface area (Å²) >= 11 is 0. The number of benzene rings is 1. The van der Waals surface area contributed by atoms with E-state index in [4.69, 9.17) is 9.15 Å². The third kappa shape index (κ3) is 4.20. The Hall–Kier alpha value is -2.07. The molecule has 0 aliphatic heterocycles. The van der Waals surface area contributed by atoms with Gasteiger partial charge in [0.25, 0.3) is 5.91 Å². The van der Waals surface area contributed by atoms with Gasteiger partial charge in [-0.05, 0) is 38.1 Å². The number of rotatable bonds is 6. The third-order valence-electron chi connectivity index (χ3n) is 3.25. The van der Waals surface area contributed by atoms with Gasteiger partial charge in [-0.25, -0.2) is 0 Å². The first-order valence-electron chi connectivity index (χ1n) is 6.99. The van der Waals surface area contributed by atoms with E-state index in [-0.39, 0.29) is 5.91 Å². The molecule has 4 nitrogen and oxygen atoms in total. The molecule has 112 valence electrons. The minimum Gasteiger partial charge on any atom is -0.467 e. The molecule has 2 aromatic rings. The number of carbonyl (C=O) groups is 1. The summed E-state index contributed by atoms with van der Waals surface area (Å²) in [5.41, 5.74) is 2.88. The highest BCUT2D eigenvalue weighted by molar-refractivity contribution is 5.94. The zero-order chi connectivity index (χ0) is 15.2. The summed E-state index contributed by atoms with van der Waals surface area (Å²) in [5.74, 6) is 0.763. The highest BCUT2D eigenvalue weighted by atomic mass is 16.5. The van der Waals surface area contributed by atoms with Crippen molar-refractivity contribution in [1.29, 1.82) is 0 Å². The Morgan fingerprint density at radius 2 is 1.95 bits per heavy atom. The number of hydrogen-bond acceptors (Lipinski definition) is 3. The lowest BCUT2D eigenvalue weighted by molar-refractivity contribution is 0.0666. The lowest BCUT2D eigenvalue weighted by atomic mass is 10.1. The van der Waals surface area contributed by atoms with Gasteiger partial charge < -0.3 is 14.1 Å². The Morgan fingerprint density at radius 1 is 1.24 bits per heavy atom. The summed E-state index contributed by atoms with van der Waals surface area (Å²) < 4.78 is 10.4. The van der Waals surface area contributed by atoms with E-state index in [9.17, 15) is 4.79 Å². The van der Waals surface area contributed by atoms with Crippen molar-refractivity contribution in [2.45, 2.75) is 20.4 Å². The quantitative estimate of drug-likeness (QED) is 0.819. The van der Waals surface area contributed by atoms with Crippen molar-refractivity contribution in [3.05, 3.63) is 59.0 Å². The van der Waals surface area contributed by atoms with Gasteiger partial charge in [0.2, 0.25) is 0 Å². The van der Waals surface area contributed by atoms with Gasteiger partial charge in [0.05, 0.1) is 19.4 Å². The second-order valence-electron chi connectivity index (χ2n) is 5.18. The molecular weight excluding hydrogens is 266 g/mol. The average Bonchev–Trinajstić information content (AvgIpc) is 2.94. The van der Waals surface area contributed by atoms with Crippen LogP contribution in [0.3, 0.4) is 0 Å². The van der Waals surface area contributed by atoms with Gasteiger partial charge >= 0.3 is 0 Å². The molecular formula is C17H21NO3. The van der Waals surface area contributed by atoms with E-state index < -0.39 is 0 Å². The summed E-state index contributed by atoms with van der Waals surface area (Å²) in [6, 6.07) is 9.58. The molecule has 4 heteroatoms. The van der Waals surface area contributed by atoms with Gasteiger partial charge in [-0.1, -0.05) is 17.2 Å². The molecule has 0 spiro atoms. The molecule has 0 unspecified atom stereocenters. The molecule has 0 bridgehead atoms. The van der Waals surface area contributed by atoms with Gasteiger partial charge in [0, 0.05) is 19.2 Å². The smallest absolute Gasteiger partial charge is 0.254 e. The number of aryl methyl sites for hydroxylation is 2. The van der Waals surface area contributed by atoms with Crippen LogP contribution in [0.4, 0.5) is 0 Å². The SMILES string of the molecule is COCCN(Cc1ccco1)C(=O)c1cc(C)cc(C)c1. The van der Waals surface area contributed by atoms with E-state index in [1.165, 1.54) is 0 Å². The van der Waals surface area contributed by atoms with E-state index in [0.717, 1.165) is 16.9 Å². The van der Waals surface area contributed by atoms with Gasteiger partial charge in [0.1, 0.15) is 5.76 Å². The van der Waals surface area contributed by atoms with Crippen molar-refractivity contribution < 1.29 is 13.9 Å². The molecule has 0 atom stereocenters. The lowest BCUT2D eigenvalue weighted by Gasteiger charge is -2.22. The van der Waals surface area contributed by atoms with Crippen molar-refractivity contribution in [3.63, 3.8) is 0 Å². The fourth-order valence-corrected chi connectivity index (χ4v) is 2.33. The van der Waals surface area contributed by atoms with E-state index in [0.29, 0.717) is 25.3 Å². The van der Waals surface area contributed by atoms with E-state index in [1.54, 1.807) is 18.3 Å². The van der Waals surface area contributed by atoms with Crippen LogP contribution in [0.1, 0.15) is 27.2 Å². The van der Waals surface area contributed by atoms with E-state index in [2.05, 4.69) is 6.07 Å². The van der Waals surface area contributed by atoms with Gasteiger partial charge in [0.15, 0.2) is 0 Å². The fraction of sp³-hybridized carbons (Fsp3) is 0.353. The Kier molecular flexibility index (Phi) is 5.17. The summed E-state index contributed by atoms with van der Waals surface area (Å²) in [6.07, 6.45) is 1.62. The standard InChI is InChI=1S/C17H21NO3/c1-13-9-14(2)11-15(10-13)17(19)18(6-8-20-3)12-16-5-4-7-21-16/h4-5,7,9-11H,6,8,12H2,1-3H3. The number of nitrogens with zero attached hydrogens (tertiary/aromatic N) is 1. The number of methoxy groups -OCH3 is 1. The topological polar surface area (TPSA) is 42.7 Å². The van der Waals surface area contributed by atoms with Crippen LogP contribution < -0.4 is 0 Å². The van der Waals surface area contributed by atoms with Crippen LogP contribution in [-0.4, -0.2) is 31.1 Å². The first-order valence-corrected chi connectivity index (χ1v) is 6.99. The summed E-state index contributed by atoms with van der Waals surface area (Å²) in [5, 5.41) is 0. The predicted octanol–water partition coefficient (Wildman–Crippen LogP) is 3.19. The van der Waals surface area contributed by atoms with Gasteiger partial charge in [-0.15, -0.1) is 0 Å². The molecule has 0 fully saturated rings. The molecule has 1 aromatic heterocycles. The average molecular weight is 287 g/mol. The monoisotopic (exact) mass is 287 g/mol. The molecule has 0 saturated heterocycles. The zero-order valence-electron chi connectivity index (χ0n) is 12.8. The fourth-order valence-electron chi connectivity index (χ4n) is 2.33. The minimum absolute atomic E-state index is 0.00440. The summed E-state index contributed by atoms with van der Waals surface area (Å²) in [4.78, 5) is 14.5. The summed E-state index contributed by atoms with van der Waals surface area (Å²) in [7, 11) is 1.63. The van der Waals surface area contributed by atoms with Crippen LogP contribution in [0.25, 0.3) is 0 Å². The van der Waals surface area contributed by atoms with Gasteiger partial charge in [-0.2, -0.15) is 0 Å². The number of ether oxygens (including phenoxy) is 1. The van der Waals surface area contributed by atoms with Crippen molar-refractivity contribution in [1.82, 2.24) is 4.90 Å². The lowest BCUT2D eigenvalue weighted by Crippen LogP contribution is -2.33. The third-order valence-corrected chi connectivity index (χ3v) is 3.25. The molecule has 1 amide bonds. The molecule has 21 heavy (non-hydrogen) atoms. The number of furan rings is 1. The van der Waals surface area contributed by atoms with Crippen molar-refractivity contribution in [2.75, 3.05) is 20.3 Å². The van der Waals surface area contributed by atoms with Crippen LogP contribution in [0.5, 0.6) is 0 Å². The maximum Gasteiger partial charge on any atom is 0.254 e. The molecule has 0 aliphatic carbocycles. The zero-order valence-corrected chi connectivity index (χ0v) is 12.8. The van der Waals surface area contributed by atoms with Crippen LogP contribution >= 0.6 is 0 Å². The van der Waals surface area contributed by atoms with Crippen molar-refractivity contribution in [3.8, 4) is 0 Å². The second-order valence-corrected chi connectivity index (χ2v) is 5.18. The normalized spacial score (nSPS) is 10.6. The van der Waals surface area contributed by atoms with E-state index in [1.807, 2.05) is 38.1 Å². The first-order chi connectivity index (χ1) is 10.1. The molecule has 0 saturated carbocycles. The van der Waals surface area contributed by atoms with Crippen LogP contribution in [0, 0.1) is 13.8 Å². The number of carbonyl (C=O) groups excluding carboxylic acids is 1. The minimum atomic E-state index is -0.00440. The number of amides is 1. The maximum absolute atomic E-state index is 12.7. The molecule has 0 radical (unpaired) electrons. The van der Waals surface area contributed by atoms with Crippen LogP contribution in [0.2, 0.25) is 0 Å². The maximum atomic E-state index is 12.7. The van der Waals surface area contributed by atoms with Crippen molar-refractivity contribution >= 4 is 5.91 Å². The Balaban J connectivity index is 2.20. The Bertz CT molecular complexity index is 570. The number of hydrogen-bond donors (Lipinski definition) is 0. The highest BCUT2D eigenvalue weighted by Gasteiger charge is 2.17. The molecule has 0 N–H and O–H groups in total. The highest BCUT2D eigenvalue weighted by Crippen LogP contribution is 2.14. The predicted molar refractivity (Wildman–Crippen MR) is 81.2 cm³/mol.